The van der Waals surface area contributed by atoms with Crippen molar-refractivity contribution in [2.24, 2.45) is 5.92 Å². The minimum absolute atomic E-state index is 0.214. The first-order valence-corrected chi connectivity index (χ1v) is 15.1. The van der Waals surface area contributed by atoms with Crippen LogP contribution >= 0.6 is 0 Å². The van der Waals surface area contributed by atoms with E-state index in [0.717, 1.165) is 39.2 Å². The van der Waals surface area contributed by atoms with E-state index >= 15 is 0 Å². The van der Waals surface area contributed by atoms with Crippen molar-refractivity contribution in [1.82, 2.24) is 19.6 Å². The van der Waals surface area contributed by atoms with Crippen LogP contribution < -0.4 is 4.90 Å². The molecule has 168 valence electrons. The molecular formula is C21H37N5O3Si. The smallest absolute Gasteiger partial charge is 0.407 e. The van der Waals surface area contributed by atoms with Gasteiger partial charge in [0.2, 0.25) is 0 Å². The number of aromatic nitrogens is 2. The Bertz CT molecular complexity index is 728. The number of rotatable bonds is 8. The molecule has 1 aromatic heterocycles. The summed E-state index contributed by atoms with van der Waals surface area (Å²) in [5.41, 5.74) is 1.19. The second kappa shape index (κ2) is 8.88. The zero-order chi connectivity index (χ0) is 21.3. The summed E-state index contributed by atoms with van der Waals surface area (Å²) < 4.78 is 7.71. The van der Waals surface area contributed by atoms with Gasteiger partial charge in [0, 0.05) is 59.5 Å². The van der Waals surface area contributed by atoms with Gasteiger partial charge in [-0.25, -0.2) is 9.48 Å². The Morgan fingerprint density at radius 2 is 2.00 bits per heavy atom. The maximum atomic E-state index is 11.3. The first kappa shape index (κ1) is 21.6. The van der Waals surface area contributed by atoms with E-state index in [9.17, 15) is 9.90 Å². The summed E-state index contributed by atoms with van der Waals surface area (Å²) in [7, 11) is -1.05. The fourth-order valence-corrected chi connectivity index (χ4v) is 5.79. The molecule has 0 saturated carbocycles. The highest BCUT2D eigenvalue weighted by Gasteiger charge is 2.45. The van der Waals surface area contributed by atoms with Crippen molar-refractivity contribution < 1.29 is 14.6 Å². The zero-order valence-corrected chi connectivity index (χ0v) is 19.7. The average Bonchev–Trinajstić information content (AvgIpc) is 3.41. The van der Waals surface area contributed by atoms with Crippen LogP contribution in [0.5, 0.6) is 0 Å². The summed E-state index contributed by atoms with van der Waals surface area (Å²) in [5.74, 6) is 0.707. The number of piperazine rings is 1. The molecule has 3 aliphatic heterocycles. The minimum Gasteiger partial charge on any atom is -0.465 e. The number of likely N-dealkylation sites (tertiary alicyclic amines) is 2. The highest BCUT2D eigenvalue weighted by Crippen LogP contribution is 2.33. The highest BCUT2D eigenvalue weighted by atomic mass is 28.3. The van der Waals surface area contributed by atoms with Gasteiger partial charge in [0.1, 0.15) is 6.73 Å². The molecular weight excluding hydrogens is 398 g/mol. The molecule has 0 spiro atoms. The van der Waals surface area contributed by atoms with Crippen molar-refractivity contribution in [2.75, 3.05) is 44.2 Å². The summed E-state index contributed by atoms with van der Waals surface area (Å²) in [6, 6.07) is 1.83. The monoisotopic (exact) mass is 435 g/mol. The molecule has 0 aromatic carbocycles. The fourth-order valence-electron chi connectivity index (χ4n) is 5.04. The van der Waals surface area contributed by atoms with Crippen LogP contribution in [0.1, 0.15) is 19.3 Å². The lowest BCUT2D eigenvalue weighted by atomic mass is 9.95. The van der Waals surface area contributed by atoms with Gasteiger partial charge in [0.15, 0.2) is 0 Å². The molecule has 4 rings (SSSR count). The van der Waals surface area contributed by atoms with Gasteiger partial charge in [-0.1, -0.05) is 19.6 Å². The van der Waals surface area contributed by atoms with Crippen molar-refractivity contribution in [3.05, 3.63) is 12.4 Å². The topological polar surface area (TPSA) is 74.1 Å². The molecule has 1 N–H and O–H groups in total. The maximum Gasteiger partial charge on any atom is 0.407 e. The number of piperidine rings is 1. The highest BCUT2D eigenvalue weighted by molar-refractivity contribution is 6.76. The molecule has 4 heterocycles. The summed E-state index contributed by atoms with van der Waals surface area (Å²) >= 11 is 0. The predicted molar refractivity (Wildman–Crippen MR) is 120 cm³/mol. The number of hydrogen-bond acceptors (Lipinski definition) is 5. The van der Waals surface area contributed by atoms with E-state index in [-0.39, 0.29) is 6.04 Å². The lowest BCUT2D eigenvalue weighted by molar-refractivity contribution is 0.0786. The van der Waals surface area contributed by atoms with E-state index in [0.29, 0.717) is 25.2 Å². The summed E-state index contributed by atoms with van der Waals surface area (Å²) in [6.45, 7) is 13.3. The Kier molecular flexibility index (Phi) is 6.41. The number of ether oxygens (including phenoxy) is 1. The zero-order valence-electron chi connectivity index (χ0n) is 18.7. The van der Waals surface area contributed by atoms with Gasteiger partial charge in [-0.05, 0) is 31.2 Å². The minimum atomic E-state index is -1.05. The Balaban J connectivity index is 1.18. The van der Waals surface area contributed by atoms with Gasteiger partial charge in [-0.3, -0.25) is 4.90 Å². The fraction of sp³-hybridized carbons (Fsp3) is 0.810. The van der Waals surface area contributed by atoms with Crippen LogP contribution in [0.25, 0.3) is 0 Å². The van der Waals surface area contributed by atoms with Crippen LogP contribution in [0.4, 0.5) is 10.5 Å². The van der Waals surface area contributed by atoms with Crippen LogP contribution in [-0.4, -0.2) is 90.3 Å². The van der Waals surface area contributed by atoms with Crippen LogP contribution in [0.2, 0.25) is 25.7 Å². The number of anilines is 1. The number of carbonyl (C=O) groups is 1. The van der Waals surface area contributed by atoms with E-state index in [1.807, 2.05) is 10.9 Å². The lowest BCUT2D eigenvalue weighted by Crippen LogP contribution is -2.50. The van der Waals surface area contributed by atoms with Crippen molar-refractivity contribution in [1.29, 1.82) is 0 Å². The van der Waals surface area contributed by atoms with E-state index in [1.165, 1.54) is 24.6 Å². The molecule has 30 heavy (non-hydrogen) atoms. The number of fused-ring (bicyclic) bond motifs is 2. The Morgan fingerprint density at radius 3 is 2.63 bits per heavy atom. The largest absolute Gasteiger partial charge is 0.465 e. The second-order valence-electron chi connectivity index (χ2n) is 10.4. The average molecular weight is 436 g/mol. The maximum absolute atomic E-state index is 11.3. The molecule has 2 bridgehead atoms. The standard InChI is InChI=1S/C21H37N5O3Si/c1-30(2,3)9-8-29-16-25-14-20(11-22-25)23-6-4-17(5-7-23)12-24-13-19-10-18(24)15-26(19)21(27)28/h11,14,17-19H,4-10,12-13,15-16H2,1-3H3,(H,27,28)/t18-,19-/m1/s1. The summed E-state index contributed by atoms with van der Waals surface area (Å²) in [4.78, 5) is 17.9. The normalized spacial score (nSPS) is 25.4. The van der Waals surface area contributed by atoms with Crippen LogP contribution in [-0.2, 0) is 11.5 Å². The van der Waals surface area contributed by atoms with Crippen molar-refractivity contribution in [2.45, 2.75) is 63.8 Å². The molecule has 3 aliphatic rings. The Morgan fingerprint density at radius 1 is 1.23 bits per heavy atom. The number of nitrogens with zero attached hydrogens (tertiary/aromatic N) is 5. The molecule has 2 atom stereocenters. The quantitative estimate of drug-likeness (QED) is 0.500. The van der Waals surface area contributed by atoms with E-state index in [1.54, 1.807) is 4.90 Å². The molecule has 0 aliphatic carbocycles. The van der Waals surface area contributed by atoms with Gasteiger partial charge >= 0.3 is 6.09 Å². The molecule has 0 radical (unpaired) electrons. The first-order chi connectivity index (χ1) is 14.3. The lowest BCUT2D eigenvalue weighted by Gasteiger charge is -2.38. The SMILES string of the molecule is C[Si](C)(C)CCOCn1cc(N2CCC(CN3C[C@H]4C[C@@H]3CN4C(=O)O)CC2)cn1. The number of hydrogen-bond donors (Lipinski definition) is 1. The molecule has 0 unspecified atom stereocenters. The third-order valence-electron chi connectivity index (χ3n) is 6.91. The molecule has 9 heteroatoms. The van der Waals surface area contributed by atoms with Gasteiger partial charge in [-0.2, -0.15) is 5.10 Å². The first-order valence-electron chi connectivity index (χ1n) is 11.4. The van der Waals surface area contributed by atoms with E-state index in [2.05, 4.69) is 40.7 Å². The van der Waals surface area contributed by atoms with Crippen molar-refractivity contribution in [3.63, 3.8) is 0 Å². The van der Waals surface area contributed by atoms with Gasteiger partial charge < -0.3 is 19.6 Å². The molecule has 3 saturated heterocycles. The molecule has 1 amide bonds. The van der Waals surface area contributed by atoms with E-state index in [4.69, 9.17) is 4.74 Å². The van der Waals surface area contributed by atoms with Gasteiger partial charge in [-0.15, -0.1) is 0 Å². The van der Waals surface area contributed by atoms with Gasteiger partial charge in [0.05, 0.1) is 18.1 Å². The predicted octanol–water partition coefficient (Wildman–Crippen LogP) is 2.85. The van der Waals surface area contributed by atoms with Crippen LogP contribution in [0.15, 0.2) is 12.4 Å². The van der Waals surface area contributed by atoms with Crippen LogP contribution in [0, 0.1) is 5.92 Å². The molecule has 8 nitrogen and oxygen atoms in total. The third-order valence-corrected chi connectivity index (χ3v) is 8.62. The number of amides is 1. The van der Waals surface area contributed by atoms with Crippen molar-refractivity contribution >= 4 is 19.9 Å². The Hall–Kier alpha value is -1.58. The molecule has 3 fully saturated rings. The second-order valence-corrected chi connectivity index (χ2v) is 16.1. The Labute approximate surface area is 180 Å². The van der Waals surface area contributed by atoms with E-state index < -0.39 is 14.2 Å². The number of carboxylic acid groups (broad SMARTS) is 1. The van der Waals surface area contributed by atoms with Crippen LogP contribution in [0.3, 0.4) is 0 Å². The third kappa shape index (κ3) is 5.18. The summed E-state index contributed by atoms with van der Waals surface area (Å²) in [6.07, 6.45) is 6.71. The van der Waals surface area contributed by atoms with Gasteiger partial charge in [0.25, 0.3) is 0 Å². The summed E-state index contributed by atoms with van der Waals surface area (Å²) in [5, 5.41) is 13.7. The van der Waals surface area contributed by atoms with Crippen molar-refractivity contribution in [3.8, 4) is 0 Å². The molecule has 1 aromatic rings.